The summed E-state index contributed by atoms with van der Waals surface area (Å²) in [7, 11) is 0. The summed E-state index contributed by atoms with van der Waals surface area (Å²) in [6.07, 6.45) is 0.740. The lowest BCUT2D eigenvalue weighted by molar-refractivity contribution is 0.0741. The van der Waals surface area contributed by atoms with E-state index in [9.17, 15) is 10.2 Å². The first-order chi connectivity index (χ1) is 11.2. The highest BCUT2D eigenvalue weighted by atomic mass is 16.5. The van der Waals surface area contributed by atoms with Crippen molar-refractivity contribution in [2.45, 2.75) is 37.9 Å². The highest BCUT2D eigenvalue weighted by Gasteiger charge is 2.36. The molecule has 23 heavy (non-hydrogen) atoms. The van der Waals surface area contributed by atoms with Crippen LogP contribution in [0.15, 0.2) is 30.5 Å². The average molecular weight is 320 g/mol. The fraction of sp³-hybridized carbons (Fsp3) is 0.467. The van der Waals surface area contributed by atoms with Crippen molar-refractivity contribution < 1.29 is 20.1 Å². The van der Waals surface area contributed by atoms with Crippen LogP contribution in [-0.2, 0) is 24.4 Å². The quantitative estimate of drug-likeness (QED) is 0.562. The van der Waals surface area contributed by atoms with Crippen LogP contribution in [0.2, 0.25) is 0 Å². The Morgan fingerprint density at radius 3 is 2.91 bits per heavy atom. The zero-order valence-electron chi connectivity index (χ0n) is 12.5. The Morgan fingerprint density at radius 1 is 1.35 bits per heavy atom. The third-order valence-corrected chi connectivity index (χ3v) is 3.93. The molecule has 8 nitrogen and oxygen atoms in total. The van der Waals surface area contributed by atoms with Crippen molar-refractivity contribution in [2.24, 2.45) is 0 Å². The van der Waals surface area contributed by atoms with Crippen molar-refractivity contribution in [1.82, 2.24) is 20.3 Å². The Morgan fingerprint density at radius 2 is 2.17 bits per heavy atom. The molecule has 0 saturated carbocycles. The van der Waals surface area contributed by atoms with E-state index in [0.29, 0.717) is 18.8 Å². The first kappa shape index (κ1) is 15.9. The molecular weight excluding hydrogens is 300 g/mol. The van der Waals surface area contributed by atoms with Crippen molar-refractivity contribution in [3.8, 4) is 5.75 Å². The third kappa shape index (κ3) is 3.67. The SMILES string of the molecule is OCc1cn(C[C@H]2OC[C@H](O)[C@H]2NCc2ccccc2O)nn1. The Labute approximate surface area is 133 Å². The molecule has 124 valence electrons. The van der Waals surface area contributed by atoms with Gasteiger partial charge >= 0.3 is 0 Å². The molecule has 1 saturated heterocycles. The molecule has 1 aromatic carbocycles. The minimum absolute atomic E-state index is 0.164. The van der Waals surface area contributed by atoms with E-state index in [2.05, 4.69) is 15.6 Å². The molecule has 0 radical (unpaired) electrons. The molecule has 1 fully saturated rings. The highest BCUT2D eigenvalue weighted by molar-refractivity contribution is 5.31. The molecule has 3 atom stereocenters. The number of rotatable bonds is 6. The fourth-order valence-corrected chi connectivity index (χ4v) is 2.68. The highest BCUT2D eigenvalue weighted by Crippen LogP contribution is 2.19. The van der Waals surface area contributed by atoms with E-state index in [0.717, 1.165) is 5.56 Å². The Hall–Kier alpha value is -2.00. The van der Waals surface area contributed by atoms with Crippen LogP contribution < -0.4 is 5.32 Å². The summed E-state index contributed by atoms with van der Waals surface area (Å²) in [5, 5.41) is 39.9. The standard InChI is InChI=1S/C15H20N4O4/c20-8-11-6-19(18-17-11)7-14-15(13(22)9-23-14)16-5-10-3-1-2-4-12(10)21/h1-4,6,13-16,20-22H,5,7-9H2/t13-,14+,15+/m0/s1. The molecule has 0 unspecified atom stereocenters. The predicted molar refractivity (Wildman–Crippen MR) is 80.4 cm³/mol. The van der Waals surface area contributed by atoms with Gasteiger partial charge in [0.2, 0.25) is 0 Å². The molecule has 0 aliphatic carbocycles. The summed E-state index contributed by atoms with van der Waals surface area (Å²) in [4.78, 5) is 0. The van der Waals surface area contributed by atoms with Crippen LogP contribution in [0.5, 0.6) is 5.75 Å². The zero-order chi connectivity index (χ0) is 16.2. The van der Waals surface area contributed by atoms with Crippen LogP contribution in [0, 0.1) is 0 Å². The van der Waals surface area contributed by atoms with Crippen LogP contribution in [0.3, 0.4) is 0 Å². The van der Waals surface area contributed by atoms with Crippen LogP contribution in [0.1, 0.15) is 11.3 Å². The van der Waals surface area contributed by atoms with E-state index >= 15 is 0 Å². The van der Waals surface area contributed by atoms with Gasteiger partial charge in [-0.25, -0.2) is 4.68 Å². The second kappa shape index (κ2) is 7.05. The summed E-state index contributed by atoms with van der Waals surface area (Å²) in [6, 6.07) is 6.78. The lowest BCUT2D eigenvalue weighted by Crippen LogP contribution is -2.45. The molecular formula is C15H20N4O4. The maximum atomic E-state index is 10.1. The topological polar surface area (TPSA) is 113 Å². The second-order valence-corrected chi connectivity index (χ2v) is 5.56. The number of aliphatic hydroxyl groups excluding tert-OH is 2. The molecule has 8 heteroatoms. The van der Waals surface area contributed by atoms with E-state index in [1.165, 1.54) is 0 Å². The molecule has 0 spiro atoms. The molecule has 3 rings (SSSR count). The lowest BCUT2D eigenvalue weighted by atomic mass is 10.1. The summed E-state index contributed by atoms with van der Waals surface area (Å²) in [6.45, 7) is 0.920. The molecule has 0 amide bonds. The minimum Gasteiger partial charge on any atom is -0.508 e. The first-order valence-electron chi connectivity index (χ1n) is 7.47. The Bertz CT molecular complexity index is 648. The number of ether oxygens (including phenoxy) is 1. The number of phenolic OH excluding ortho intramolecular Hbond substituents is 1. The van der Waals surface area contributed by atoms with Crippen molar-refractivity contribution in [1.29, 1.82) is 0 Å². The molecule has 2 heterocycles. The Balaban J connectivity index is 1.63. The number of hydrogen-bond acceptors (Lipinski definition) is 7. The maximum Gasteiger partial charge on any atom is 0.120 e. The maximum absolute atomic E-state index is 10.1. The number of aliphatic hydroxyl groups is 2. The summed E-state index contributed by atoms with van der Waals surface area (Å²) >= 11 is 0. The number of hydrogen-bond donors (Lipinski definition) is 4. The molecule has 2 aromatic rings. The number of aromatic nitrogens is 3. The summed E-state index contributed by atoms with van der Waals surface area (Å²) in [5.74, 6) is 0.216. The van der Waals surface area contributed by atoms with Crippen molar-refractivity contribution in [3.63, 3.8) is 0 Å². The van der Waals surface area contributed by atoms with E-state index in [-0.39, 0.29) is 31.1 Å². The van der Waals surface area contributed by atoms with Gasteiger partial charge in [0.1, 0.15) is 11.4 Å². The molecule has 1 aromatic heterocycles. The number of nitrogens with one attached hydrogen (secondary N) is 1. The number of nitrogens with zero attached hydrogens (tertiary/aromatic N) is 3. The third-order valence-electron chi connectivity index (χ3n) is 3.93. The molecule has 4 N–H and O–H groups in total. The number of phenols is 1. The van der Waals surface area contributed by atoms with Gasteiger partial charge in [0.25, 0.3) is 0 Å². The number of benzene rings is 1. The normalized spacial score (nSPS) is 24.2. The molecule has 1 aliphatic rings. The van der Waals surface area contributed by atoms with E-state index in [1.54, 1.807) is 23.0 Å². The summed E-state index contributed by atoms with van der Waals surface area (Å²) < 4.78 is 7.20. The smallest absolute Gasteiger partial charge is 0.120 e. The number of aromatic hydroxyl groups is 1. The largest absolute Gasteiger partial charge is 0.508 e. The fourth-order valence-electron chi connectivity index (χ4n) is 2.68. The van der Waals surface area contributed by atoms with E-state index in [4.69, 9.17) is 9.84 Å². The van der Waals surface area contributed by atoms with Gasteiger partial charge in [-0.2, -0.15) is 0 Å². The lowest BCUT2D eigenvalue weighted by Gasteiger charge is -2.22. The molecule has 1 aliphatic heterocycles. The van der Waals surface area contributed by atoms with Gasteiger partial charge in [0, 0.05) is 12.1 Å². The van der Waals surface area contributed by atoms with Crippen LogP contribution in [0.4, 0.5) is 0 Å². The van der Waals surface area contributed by atoms with Crippen LogP contribution >= 0.6 is 0 Å². The monoisotopic (exact) mass is 320 g/mol. The van der Waals surface area contributed by atoms with Gasteiger partial charge in [-0.15, -0.1) is 5.10 Å². The predicted octanol–water partition coefficient (Wildman–Crippen LogP) is -0.606. The van der Waals surface area contributed by atoms with Crippen molar-refractivity contribution in [3.05, 3.63) is 41.7 Å². The van der Waals surface area contributed by atoms with E-state index in [1.807, 2.05) is 12.1 Å². The van der Waals surface area contributed by atoms with E-state index < -0.39 is 6.10 Å². The zero-order valence-corrected chi connectivity index (χ0v) is 12.5. The second-order valence-electron chi connectivity index (χ2n) is 5.56. The minimum atomic E-state index is -0.633. The van der Waals surface area contributed by atoms with Gasteiger partial charge < -0.3 is 25.4 Å². The first-order valence-corrected chi connectivity index (χ1v) is 7.47. The van der Waals surface area contributed by atoms with Crippen molar-refractivity contribution in [2.75, 3.05) is 6.61 Å². The molecule has 0 bridgehead atoms. The van der Waals surface area contributed by atoms with Gasteiger partial charge in [-0.3, -0.25) is 0 Å². The van der Waals surface area contributed by atoms with Crippen LogP contribution in [0.25, 0.3) is 0 Å². The van der Waals surface area contributed by atoms with Crippen molar-refractivity contribution >= 4 is 0 Å². The van der Waals surface area contributed by atoms with Crippen LogP contribution in [-0.4, -0.2) is 55.2 Å². The average Bonchev–Trinajstić information content (AvgIpc) is 3.14. The van der Waals surface area contributed by atoms with Gasteiger partial charge in [-0.05, 0) is 6.07 Å². The summed E-state index contributed by atoms with van der Waals surface area (Å²) in [5.41, 5.74) is 1.25. The van der Waals surface area contributed by atoms with Gasteiger partial charge in [-0.1, -0.05) is 23.4 Å². The van der Waals surface area contributed by atoms with Gasteiger partial charge in [0.05, 0.1) is 44.2 Å². The number of para-hydroxylation sites is 1. The van der Waals surface area contributed by atoms with Gasteiger partial charge in [0.15, 0.2) is 0 Å². The Kier molecular flexibility index (Phi) is 4.87.